The number of aryl methyl sites for hydroxylation is 1. The van der Waals surface area contributed by atoms with Crippen LogP contribution in [0.15, 0.2) is 42.6 Å². The maximum atomic E-state index is 14.9. The Morgan fingerprint density at radius 3 is 2.83 bits per heavy atom. The van der Waals surface area contributed by atoms with Crippen molar-refractivity contribution in [3.05, 3.63) is 54.0 Å². The summed E-state index contributed by atoms with van der Waals surface area (Å²) in [6.45, 7) is 5.17. The zero-order valence-electron chi connectivity index (χ0n) is 19.7. The highest BCUT2D eigenvalue weighted by molar-refractivity contribution is 5.92. The number of hydrogen-bond donors (Lipinski definition) is 2. The fourth-order valence-corrected chi connectivity index (χ4v) is 5.25. The summed E-state index contributed by atoms with van der Waals surface area (Å²) < 4.78 is 20.4. The molecule has 1 aromatic carbocycles. The molecule has 35 heavy (non-hydrogen) atoms. The lowest BCUT2D eigenvalue weighted by molar-refractivity contribution is 0.173. The molecular weight excluding hydrogens is 447 g/mol. The Bertz CT molecular complexity index is 1390. The Labute approximate surface area is 202 Å². The van der Waals surface area contributed by atoms with E-state index >= 15 is 0 Å². The third-order valence-electron chi connectivity index (χ3n) is 7.11. The van der Waals surface area contributed by atoms with Crippen LogP contribution in [0.2, 0.25) is 0 Å². The number of hydrogen-bond acceptors (Lipinski definition) is 7. The predicted molar refractivity (Wildman–Crippen MR) is 132 cm³/mol. The molecule has 6 rings (SSSR count). The number of benzene rings is 1. The highest BCUT2D eigenvalue weighted by Crippen LogP contribution is 2.36. The Hall–Kier alpha value is -3.56. The van der Waals surface area contributed by atoms with E-state index in [-0.39, 0.29) is 11.9 Å². The molecule has 2 atom stereocenters. The Morgan fingerprint density at radius 2 is 2.03 bits per heavy atom. The summed E-state index contributed by atoms with van der Waals surface area (Å²) in [6.07, 6.45) is 2.39. The molecule has 1 unspecified atom stereocenters. The van der Waals surface area contributed by atoms with E-state index in [4.69, 9.17) is 14.7 Å². The van der Waals surface area contributed by atoms with Crippen LogP contribution < -0.4 is 9.64 Å². The molecule has 4 aromatic rings. The van der Waals surface area contributed by atoms with Gasteiger partial charge in [-0.3, -0.25) is 10.00 Å². The topological polar surface area (TPSA) is 90.4 Å². The third-order valence-corrected chi connectivity index (χ3v) is 7.11. The highest BCUT2D eigenvalue weighted by atomic mass is 19.1. The molecule has 2 aliphatic rings. The van der Waals surface area contributed by atoms with Gasteiger partial charge in [0.25, 0.3) is 0 Å². The number of nitrogens with one attached hydrogen (secondary N) is 1. The largest absolute Gasteiger partial charge is 0.494 e. The van der Waals surface area contributed by atoms with Crippen molar-refractivity contribution in [1.82, 2.24) is 25.1 Å². The molecule has 0 spiro atoms. The average molecular weight is 475 g/mol. The van der Waals surface area contributed by atoms with Gasteiger partial charge in [-0.15, -0.1) is 0 Å². The molecule has 5 heterocycles. The molecule has 0 radical (unpaired) electrons. The molecule has 0 amide bonds. The van der Waals surface area contributed by atoms with Gasteiger partial charge in [0, 0.05) is 55.6 Å². The van der Waals surface area contributed by atoms with Gasteiger partial charge in [0.1, 0.15) is 34.3 Å². The summed E-state index contributed by atoms with van der Waals surface area (Å²) in [6, 6.07) is 11.4. The van der Waals surface area contributed by atoms with Crippen LogP contribution >= 0.6 is 0 Å². The SMILES string of the molecule is COc1cc2[nH]nc(-c3ccc(N4CCN5CC(O)C[C@H]5C4)nc3)c2nc1-c1cccc(C)c1F. The van der Waals surface area contributed by atoms with E-state index in [0.717, 1.165) is 44.0 Å². The van der Waals surface area contributed by atoms with E-state index < -0.39 is 0 Å². The van der Waals surface area contributed by atoms with Crippen LogP contribution in [0.4, 0.5) is 10.2 Å². The zero-order chi connectivity index (χ0) is 24.1. The summed E-state index contributed by atoms with van der Waals surface area (Å²) in [5, 5.41) is 17.5. The number of aliphatic hydroxyl groups excluding tert-OH is 1. The van der Waals surface area contributed by atoms with Crippen LogP contribution in [0, 0.1) is 12.7 Å². The lowest BCUT2D eigenvalue weighted by Crippen LogP contribution is -2.50. The number of piperazine rings is 1. The summed E-state index contributed by atoms with van der Waals surface area (Å²) >= 11 is 0. The summed E-state index contributed by atoms with van der Waals surface area (Å²) in [7, 11) is 1.55. The molecule has 8 nitrogen and oxygen atoms in total. The number of nitrogens with zero attached hydrogens (tertiary/aromatic N) is 5. The number of H-pyrrole nitrogens is 1. The van der Waals surface area contributed by atoms with Crippen molar-refractivity contribution in [3.63, 3.8) is 0 Å². The molecule has 3 aromatic heterocycles. The maximum Gasteiger partial charge on any atom is 0.147 e. The number of pyridine rings is 2. The number of aliphatic hydroxyl groups is 1. The molecule has 2 saturated heterocycles. The van der Waals surface area contributed by atoms with E-state index in [0.29, 0.717) is 45.3 Å². The lowest BCUT2D eigenvalue weighted by atomic mass is 10.1. The third kappa shape index (κ3) is 3.81. The molecule has 9 heteroatoms. The fourth-order valence-electron chi connectivity index (χ4n) is 5.25. The Morgan fingerprint density at radius 1 is 1.14 bits per heavy atom. The number of aromatic nitrogens is 4. The Balaban J connectivity index is 1.33. The van der Waals surface area contributed by atoms with E-state index in [2.05, 4.69) is 20.0 Å². The minimum absolute atomic E-state index is 0.229. The van der Waals surface area contributed by atoms with Crippen molar-refractivity contribution in [3.8, 4) is 28.3 Å². The van der Waals surface area contributed by atoms with Gasteiger partial charge in [-0.25, -0.2) is 14.4 Å². The lowest BCUT2D eigenvalue weighted by Gasteiger charge is -2.37. The van der Waals surface area contributed by atoms with Gasteiger partial charge < -0.3 is 14.7 Å². The van der Waals surface area contributed by atoms with Gasteiger partial charge >= 0.3 is 0 Å². The minimum atomic E-state index is -0.316. The number of rotatable bonds is 4. The molecule has 0 aliphatic carbocycles. The highest BCUT2D eigenvalue weighted by Gasteiger charge is 2.35. The maximum absolute atomic E-state index is 14.9. The van der Waals surface area contributed by atoms with Crippen LogP contribution in [0.25, 0.3) is 33.5 Å². The predicted octanol–water partition coefficient (Wildman–Crippen LogP) is 3.40. The average Bonchev–Trinajstić information content (AvgIpc) is 3.46. The first-order valence-corrected chi connectivity index (χ1v) is 11.8. The van der Waals surface area contributed by atoms with Gasteiger partial charge in [-0.1, -0.05) is 12.1 Å². The number of fused-ring (bicyclic) bond motifs is 2. The van der Waals surface area contributed by atoms with Gasteiger partial charge in [0.05, 0.1) is 18.7 Å². The minimum Gasteiger partial charge on any atom is -0.494 e. The van der Waals surface area contributed by atoms with Crippen molar-refractivity contribution in [1.29, 1.82) is 0 Å². The van der Waals surface area contributed by atoms with Crippen LogP contribution in [0.3, 0.4) is 0 Å². The molecule has 2 fully saturated rings. The fraction of sp³-hybridized carbons (Fsp3) is 0.346. The van der Waals surface area contributed by atoms with E-state index in [1.54, 1.807) is 38.4 Å². The second kappa shape index (κ2) is 8.58. The summed E-state index contributed by atoms with van der Waals surface area (Å²) in [4.78, 5) is 14.1. The van der Waals surface area contributed by atoms with Gasteiger partial charge in [0.15, 0.2) is 0 Å². The van der Waals surface area contributed by atoms with Crippen LogP contribution in [0.5, 0.6) is 5.75 Å². The van der Waals surface area contributed by atoms with E-state index in [9.17, 15) is 9.50 Å². The second-order valence-corrected chi connectivity index (χ2v) is 9.33. The van der Waals surface area contributed by atoms with Crippen LogP contribution in [0.1, 0.15) is 12.0 Å². The van der Waals surface area contributed by atoms with E-state index in [1.165, 1.54) is 0 Å². The van der Waals surface area contributed by atoms with Crippen LogP contribution in [-0.2, 0) is 0 Å². The van der Waals surface area contributed by atoms with Crippen molar-refractivity contribution in [2.75, 3.05) is 38.2 Å². The standard InChI is InChI=1S/C26H27FN6O2/c1-15-4-3-5-19(23(15)27)25-21(35-2)11-20-26(29-25)24(31-30-20)16-6-7-22(28-12-16)33-9-8-32-14-18(34)10-17(32)13-33/h3-7,11-12,17-18,34H,8-10,13-14H2,1-2H3,(H,30,31)/t17-,18?/m0/s1. The molecule has 2 N–H and O–H groups in total. The second-order valence-electron chi connectivity index (χ2n) is 9.33. The first kappa shape index (κ1) is 21.9. The molecule has 0 saturated carbocycles. The normalized spacial score (nSPS) is 20.4. The Kier molecular flexibility index (Phi) is 5.38. The number of halogens is 1. The van der Waals surface area contributed by atoms with Crippen molar-refractivity contribution < 1.29 is 14.2 Å². The van der Waals surface area contributed by atoms with Crippen molar-refractivity contribution in [2.45, 2.75) is 25.5 Å². The molecule has 2 aliphatic heterocycles. The summed E-state index contributed by atoms with van der Waals surface area (Å²) in [5.41, 5.74) is 4.18. The van der Waals surface area contributed by atoms with Crippen molar-refractivity contribution >= 4 is 16.9 Å². The first-order chi connectivity index (χ1) is 17.0. The molecule has 0 bridgehead atoms. The van der Waals surface area contributed by atoms with Crippen molar-refractivity contribution in [2.24, 2.45) is 0 Å². The number of methoxy groups -OCH3 is 1. The number of anilines is 1. The van der Waals surface area contributed by atoms with Crippen LogP contribution in [-0.4, -0.2) is 75.6 Å². The molecular formula is C26H27FN6O2. The van der Waals surface area contributed by atoms with E-state index in [1.807, 2.05) is 18.2 Å². The summed E-state index contributed by atoms with van der Waals surface area (Å²) in [5.74, 6) is 1.07. The molecule has 180 valence electrons. The quantitative estimate of drug-likeness (QED) is 0.469. The number of aromatic amines is 1. The zero-order valence-corrected chi connectivity index (χ0v) is 19.7. The van der Waals surface area contributed by atoms with Gasteiger partial charge in [0.2, 0.25) is 0 Å². The van der Waals surface area contributed by atoms with Gasteiger partial charge in [-0.2, -0.15) is 5.10 Å². The number of ether oxygens (including phenoxy) is 1. The van der Waals surface area contributed by atoms with Gasteiger partial charge in [-0.05, 0) is 37.1 Å². The smallest absolute Gasteiger partial charge is 0.147 e. The monoisotopic (exact) mass is 474 g/mol. The first-order valence-electron chi connectivity index (χ1n) is 11.8.